The molecule has 0 aliphatic carbocycles. The van der Waals surface area contributed by atoms with Gasteiger partial charge in [-0.3, -0.25) is 0 Å². The summed E-state index contributed by atoms with van der Waals surface area (Å²) in [7, 11) is 0. The summed E-state index contributed by atoms with van der Waals surface area (Å²) in [6.45, 7) is 5.79. The van der Waals surface area contributed by atoms with E-state index in [9.17, 15) is 0 Å². The zero-order valence-corrected chi connectivity index (χ0v) is 11.6. The van der Waals surface area contributed by atoms with Gasteiger partial charge in [-0.25, -0.2) is 0 Å². The SMILES string of the molecule is CC(C)NCc1cccc(OCc2ccccc2)c1. The molecule has 0 bridgehead atoms. The van der Waals surface area contributed by atoms with Crippen LogP contribution in [0.15, 0.2) is 54.6 Å². The van der Waals surface area contributed by atoms with Crippen LogP contribution < -0.4 is 10.1 Å². The molecule has 0 aliphatic rings. The molecule has 2 aromatic carbocycles. The van der Waals surface area contributed by atoms with E-state index in [1.807, 2.05) is 30.3 Å². The number of rotatable bonds is 6. The predicted molar refractivity (Wildman–Crippen MR) is 79.2 cm³/mol. The standard InChI is InChI=1S/C17H21NO/c1-14(2)18-12-16-9-6-10-17(11-16)19-13-15-7-4-3-5-8-15/h3-11,14,18H,12-13H2,1-2H3. The van der Waals surface area contributed by atoms with Gasteiger partial charge in [-0.2, -0.15) is 0 Å². The van der Waals surface area contributed by atoms with Gasteiger partial charge in [-0.05, 0) is 23.3 Å². The Bertz CT molecular complexity index is 494. The number of hydrogen-bond donors (Lipinski definition) is 1. The molecule has 0 saturated heterocycles. The van der Waals surface area contributed by atoms with E-state index >= 15 is 0 Å². The summed E-state index contributed by atoms with van der Waals surface area (Å²) in [6, 6.07) is 19.0. The van der Waals surface area contributed by atoms with Gasteiger partial charge in [0.15, 0.2) is 0 Å². The lowest BCUT2D eigenvalue weighted by Gasteiger charge is -2.10. The molecule has 1 N–H and O–H groups in total. The van der Waals surface area contributed by atoms with Gasteiger partial charge >= 0.3 is 0 Å². The van der Waals surface area contributed by atoms with Crippen molar-refractivity contribution in [2.24, 2.45) is 0 Å². The third-order valence-corrected chi connectivity index (χ3v) is 2.86. The Kier molecular flexibility index (Phi) is 4.99. The fourth-order valence-electron chi connectivity index (χ4n) is 1.81. The van der Waals surface area contributed by atoms with Crippen LogP contribution in [0.2, 0.25) is 0 Å². The van der Waals surface area contributed by atoms with Gasteiger partial charge in [0.2, 0.25) is 0 Å². The van der Waals surface area contributed by atoms with Crippen LogP contribution in [-0.2, 0) is 13.2 Å². The first-order chi connectivity index (χ1) is 9.24. The quantitative estimate of drug-likeness (QED) is 0.848. The highest BCUT2D eigenvalue weighted by Crippen LogP contribution is 2.15. The number of benzene rings is 2. The molecule has 19 heavy (non-hydrogen) atoms. The molecule has 0 saturated carbocycles. The maximum absolute atomic E-state index is 5.81. The second-order valence-electron chi connectivity index (χ2n) is 4.96. The molecule has 0 amide bonds. The highest BCUT2D eigenvalue weighted by Gasteiger charge is 1.99. The lowest BCUT2D eigenvalue weighted by atomic mass is 10.2. The van der Waals surface area contributed by atoms with Crippen molar-refractivity contribution in [3.63, 3.8) is 0 Å². The maximum atomic E-state index is 5.81. The van der Waals surface area contributed by atoms with E-state index in [0.29, 0.717) is 12.6 Å². The Morgan fingerprint density at radius 1 is 0.947 bits per heavy atom. The van der Waals surface area contributed by atoms with Crippen molar-refractivity contribution in [3.8, 4) is 5.75 Å². The van der Waals surface area contributed by atoms with Crippen LogP contribution in [0.1, 0.15) is 25.0 Å². The smallest absolute Gasteiger partial charge is 0.120 e. The minimum atomic E-state index is 0.494. The zero-order chi connectivity index (χ0) is 13.5. The Balaban J connectivity index is 1.91. The van der Waals surface area contributed by atoms with Crippen molar-refractivity contribution in [1.29, 1.82) is 0 Å². The van der Waals surface area contributed by atoms with Crippen molar-refractivity contribution in [1.82, 2.24) is 5.32 Å². The van der Waals surface area contributed by atoms with Crippen molar-refractivity contribution >= 4 is 0 Å². The van der Waals surface area contributed by atoms with E-state index in [0.717, 1.165) is 12.3 Å². The molecular weight excluding hydrogens is 234 g/mol. The van der Waals surface area contributed by atoms with Crippen molar-refractivity contribution in [2.75, 3.05) is 0 Å². The zero-order valence-electron chi connectivity index (χ0n) is 11.6. The fourth-order valence-corrected chi connectivity index (χ4v) is 1.81. The Labute approximate surface area is 115 Å². The van der Waals surface area contributed by atoms with Crippen LogP contribution in [0.5, 0.6) is 5.75 Å². The fraction of sp³-hybridized carbons (Fsp3) is 0.294. The third-order valence-electron chi connectivity index (χ3n) is 2.86. The molecule has 2 heteroatoms. The lowest BCUT2D eigenvalue weighted by molar-refractivity contribution is 0.306. The highest BCUT2D eigenvalue weighted by molar-refractivity contribution is 5.29. The first kappa shape index (κ1) is 13.6. The van der Waals surface area contributed by atoms with Gasteiger partial charge in [0.1, 0.15) is 12.4 Å². The summed E-state index contributed by atoms with van der Waals surface area (Å²) in [5.74, 6) is 0.923. The molecule has 0 unspecified atom stereocenters. The Morgan fingerprint density at radius 2 is 1.68 bits per heavy atom. The van der Waals surface area contributed by atoms with E-state index in [4.69, 9.17) is 4.74 Å². The molecule has 100 valence electrons. The minimum absolute atomic E-state index is 0.494. The number of ether oxygens (including phenoxy) is 1. The molecule has 0 heterocycles. The van der Waals surface area contributed by atoms with Gasteiger partial charge in [-0.1, -0.05) is 56.3 Å². The normalized spacial score (nSPS) is 10.7. The summed E-state index contributed by atoms with van der Waals surface area (Å²) in [6.07, 6.45) is 0. The van der Waals surface area contributed by atoms with E-state index in [1.54, 1.807) is 0 Å². The molecule has 0 aromatic heterocycles. The number of nitrogens with one attached hydrogen (secondary N) is 1. The minimum Gasteiger partial charge on any atom is -0.489 e. The largest absolute Gasteiger partial charge is 0.489 e. The van der Waals surface area contributed by atoms with Crippen LogP contribution in [0.25, 0.3) is 0 Å². The topological polar surface area (TPSA) is 21.3 Å². The third kappa shape index (κ3) is 4.76. The Morgan fingerprint density at radius 3 is 2.42 bits per heavy atom. The highest BCUT2D eigenvalue weighted by atomic mass is 16.5. The average Bonchev–Trinajstić information content (AvgIpc) is 2.44. The summed E-state index contributed by atoms with van der Waals surface area (Å²) >= 11 is 0. The first-order valence-corrected chi connectivity index (χ1v) is 6.73. The molecule has 2 aromatic rings. The van der Waals surface area contributed by atoms with E-state index in [-0.39, 0.29) is 0 Å². The first-order valence-electron chi connectivity index (χ1n) is 6.73. The van der Waals surface area contributed by atoms with Crippen LogP contribution in [0.4, 0.5) is 0 Å². The second-order valence-corrected chi connectivity index (χ2v) is 4.96. The molecule has 0 spiro atoms. The number of hydrogen-bond acceptors (Lipinski definition) is 2. The molecular formula is C17H21NO. The van der Waals surface area contributed by atoms with E-state index in [2.05, 4.69) is 43.4 Å². The van der Waals surface area contributed by atoms with Gasteiger partial charge in [0, 0.05) is 12.6 Å². The van der Waals surface area contributed by atoms with Crippen LogP contribution in [0, 0.1) is 0 Å². The van der Waals surface area contributed by atoms with Crippen LogP contribution >= 0.6 is 0 Å². The summed E-state index contributed by atoms with van der Waals surface area (Å²) in [5.41, 5.74) is 2.44. The summed E-state index contributed by atoms with van der Waals surface area (Å²) in [5, 5.41) is 3.41. The average molecular weight is 255 g/mol. The monoisotopic (exact) mass is 255 g/mol. The van der Waals surface area contributed by atoms with Crippen LogP contribution in [0.3, 0.4) is 0 Å². The van der Waals surface area contributed by atoms with Crippen molar-refractivity contribution < 1.29 is 4.74 Å². The molecule has 0 aliphatic heterocycles. The molecule has 0 fully saturated rings. The predicted octanol–water partition coefficient (Wildman–Crippen LogP) is 3.76. The maximum Gasteiger partial charge on any atom is 0.120 e. The van der Waals surface area contributed by atoms with Gasteiger partial charge in [0.25, 0.3) is 0 Å². The summed E-state index contributed by atoms with van der Waals surface area (Å²) < 4.78 is 5.81. The van der Waals surface area contributed by atoms with Crippen molar-refractivity contribution in [3.05, 3.63) is 65.7 Å². The van der Waals surface area contributed by atoms with Crippen LogP contribution in [-0.4, -0.2) is 6.04 Å². The lowest BCUT2D eigenvalue weighted by Crippen LogP contribution is -2.21. The van der Waals surface area contributed by atoms with Crippen molar-refractivity contribution in [2.45, 2.75) is 33.0 Å². The Hall–Kier alpha value is -1.80. The summed E-state index contributed by atoms with van der Waals surface area (Å²) in [4.78, 5) is 0. The molecule has 2 nitrogen and oxygen atoms in total. The van der Waals surface area contributed by atoms with Gasteiger partial charge in [0.05, 0.1) is 0 Å². The molecule has 2 rings (SSSR count). The van der Waals surface area contributed by atoms with E-state index < -0.39 is 0 Å². The molecule has 0 radical (unpaired) electrons. The second kappa shape index (κ2) is 6.95. The van der Waals surface area contributed by atoms with Gasteiger partial charge in [-0.15, -0.1) is 0 Å². The van der Waals surface area contributed by atoms with Gasteiger partial charge < -0.3 is 10.1 Å². The molecule has 0 atom stereocenters. The van der Waals surface area contributed by atoms with E-state index in [1.165, 1.54) is 11.1 Å².